The third-order valence-electron chi connectivity index (χ3n) is 2.85. The summed E-state index contributed by atoms with van der Waals surface area (Å²) in [4.78, 5) is 3.92. The highest BCUT2D eigenvalue weighted by molar-refractivity contribution is 7.92. The maximum absolute atomic E-state index is 12.2. The number of anilines is 1. The Bertz CT molecular complexity index is 741. The predicted molar refractivity (Wildman–Crippen MR) is 81.4 cm³/mol. The molecule has 0 unspecified atom stereocenters. The highest BCUT2D eigenvalue weighted by Gasteiger charge is 2.18. The van der Waals surface area contributed by atoms with Gasteiger partial charge in [-0.1, -0.05) is 11.6 Å². The van der Waals surface area contributed by atoms with Crippen molar-refractivity contribution in [1.82, 2.24) is 9.55 Å². The molecule has 1 heterocycles. The highest BCUT2D eigenvalue weighted by atomic mass is 35.5. The van der Waals surface area contributed by atoms with Crippen LogP contribution in [0.15, 0.2) is 35.7 Å². The van der Waals surface area contributed by atoms with E-state index in [0.717, 1.165) is 0 Å². The van der Waals surface area contributed by atoms with Gasteiger partial charge in [-0.05, 0) is 32.0 Å². The van der Waals surface area contributed by atoms with Crippen LogP contribution < -0.4 is 9.46 Å². The number of ether oxygens (including phenoxy) is 1. The summed E-state index contributed by atoms with van der Waals surface area (Å²) in [5.74, 6) is 0.476. The predicted octanol–water partition coefficient (Wildman–Crippen LogP) is 2.93. The highest BCUT2D eigenvalue weighted by Crippen LogP contribution is 2.28. The summed E-state index contributed by atoms with van der Waals surface area (Å²) in [5, 5.41) is 0.286. The van der Waals surface area contributed by atoms with Crippen LogP contribution in [0.5, 0.6) is 5.75 Å². The molecule has 0 fully saturated rings. The van der Waals surface area contributed by atoms with E-state index in [1.807, 2.05) is 13.8 Å². The van der Waals surface area contributed by atoms with E-state index in [1.165, 1.54) is 25.7 Å². The molecule has 114 valence electrons. The number of nitrogens with zero attached hydrogens (tertiary/aromatic N) is 2. The van der Waals surface area contributed by atoms with Crippen molar-refractivity contribution in [2.75, 3.05) is 11.8 Å². The maximum atomic E-state index is 12.2. The first-order valence-corrected chi connectivity index (χ1v) is 8.09. The van der Waals surface area contributed by atoms with Crippen molar-refractivity contribution >= 4 is 27.3 Å². The van der Waals surface area contributed by atoms with Crippen molar-refractivity contribution < 1.29 is 13.2 Å². The van der Waals surface area contributed by atoms with Gasteiger partial charge in [0.25, 0.3) is 10.0 Å². The molecule has 1 N–H and O–H groups in total. The second-order valence-electron chi connectivity index (χ2n) is 4.71. The molecule has 0 saturated heterocycles. The largest absolute Gasteiger partial charge is 0.495 e. The Hall–Kier alpha value is -1.73. The van der Waals surface area contributed by atoms with Gasteiger partial charge in [-0.25, -0.2) is 4.98 Å². The first kappa shape index (κ1) is 15.7. The lowest BCUT2D eigenvalue weighted by Gasteiger charge is -2.08. The molecule has 6 nitrogen and oxygen atoms in total. The van der Waals surface area contributed by atoms with Gasteiger partial charge < -0.3 is 9.30 Å². The lowest BCUT2D eigenvalue weighted by molar-refractivity contribution is 0.415. The minimum absolute atomic E-state index is 0.0388. The molecule has 0 aliphatic carbocycles. The minimum Gasteiger partial charge on any atom is -0.495 e. The van der Waals surface area contributed by atoms with Gasteiger partial charge in [-0.3, -0.25) is 4.72 Å². The number of nitrogens with one attached hydrogen (secondary N) is 1. The summed E-state index contributed by atoms with van der Waals surface area (Å²) in [6.45, 7) is 3.88. The van der Waals surface area contributed by atoms with Crippen molar-refractivity contribution in [2.45, 2.75) is 24.9 Å². The van der Waals surface area contributed by atoms with Gasteiger partial charge in [-0.15, -0.1) is 0 Å². The topological polar surface area (TPSA) is 73.2 Å². The SMILES string of the molecule is COc1ccc(NS(=O)(=O)c2cn(C(C)C)cn2)cc1Cl. The number of sulfonamides is 1. The maximum Gasteiger partial charge on any atom is 0.280 e. The van der Waals surface area contributed by atoms with Crippen molar-refractivity contribution in [1.29, 1.82) is 0 Å². The molecular formula is C13H16ClN3O3S. The standard InChI is InChI=1S/C13H16ClN3O3S/c1-9(2)17-7-13(15-8-17)21(18,19)16-10-4-5-12(20-3)11(14)6-10/h4-9,16H,1-3H3. The molecule has 1 aromatic carbocycles. The summed E-state index contributed by atoms with van der Waals surface area (Å²) in [7, 11) is -2.25. The Labute approximate surface area is 128 Å². The number of halogens is 1. The Balaban J connectivity index is 2.26. The zero-order valence-electron chi connectivity index (χ0n) is 11.9. The second kappa shape index (κ2) is 5.95. The molecule has 0 amide bonds. The van der Waals surface area contributed by atoms with E-state index in [4.69, 9.17) is 16.3 Å². The molecule has 2 aromatic rings. The summed E-state index contributed by atoms with van der Waals surface area (Å²) in [5.41, 5.74) is 0.347. The zero-order chi connectivity index (χ0) is 15.6. The Morgan fingerprint density at radius 1 is 1.38 bits per heavy atom. The van der Waals surface area contributed by atoms with Gasteiger partial charge in [0, 0.05) is 12.2 Å². The van der Waals surface area contributed by atoms with Crippen LogP contribution in [-0.2, 0) is 10.0 Å². The molecule has 21 heavy (non-hydrogen) atoms. The van der Waals surface area contributed by atoms with Crippen molar-refractivity contribution in [3.05, 3.63) is 35.7 Å². The molecule has 0 aliphatic heterocycles. The van der Waals surface area contributed by atoms with Crippen molar-refractivity contribution in [3.63, 3.8) is 0 Å². The smallest absolute Gasteiger partial charge is 0.280 e. The number of benzene rings is 1. The molecule has 1 aromatic heterocycles. The van der Waals surface area contributed by atoms with Crippen LogP contribution in [0.25, 0.3) is 0 Å². The van der Waals surface area contributed by atoms with Crippen molar-refractivity contribution in [2.24, 2.45) is 0 Å². The Kier molecular flexibility index (Phi) is 4.43. The molecule has 0 radical (unpaired) electrons. The zero-order valence-corrected chi connectivity index (χ0v) is 13.4. The normalized spacial score (nSPS) is 11.7. The lowest BCUT2D eigenvalue weighted by atomic mass is 10.3. The van der Waals surface area contributed by atoms with Crippen LogP contribution in [0, 0.1) is 0 Å². The average Bonchev–Trinajstić information content (AvgIpc) is 2.89. The summed E-state index contributed by atoms with van der Waals surface area (Å²) < 4.78 is 33.7. The number of hydrogen-bond donors (Lipinski definition) is 1. The van der Waals surface area contributed by atoms with Crippen LogP contribution in [0.1, 0.15) is 19.9 Å². The first-order chi connectivity index (χ1) is 9.83. The van der Waals surface area contributed by atoms with E-state index in [1.54, 1.807) is 16.7 Å². The number of imidazole rings is 1. The van der Waals surface area contributed by atoms with Crippen LogP contribution in [0.2, 0.25) is 5.02 Å². The Morgan fingerprint density at radius 2 is 2.10 bits per heavy atom. The monoisotopic (exact) mass is 329 g/mol. The van der Waals surface area contributed by atoms with Gasteiger partial charge in [-0.2, -0.15) is 8.42 Å². The fourth-order valence-electron chi connectivity index (χ4n) is 1.68. The van der Waals surface area contributed by atoms with Crippen LogP contribution >= 0.6 is 11.6 Å². The van der Waals surface area contributed by atoms with Gasteiger partial charge in [0.05, 0.1) is 24.1 Å². The number of methoxy groups -OCH3 is 1. The van der Waals surface area contributed by atoms with E-state index in [9.17, 15) is 8.42 Å². The van der Waals surface area contributed by atoms with Gasteiger partial charge in [0.15, 0.2) is 5.03 Å². The molecule has 0 spiro atoms. The lowest BCUT2D eigenvalue weighted by Crippen LogP contribution is -2.13. The molecule has 8 heteroatoms. The summed E-state index contributed by atoms with van der Waals surface area (Å²) >= 11 is 5.97. The minimum atomic E-state index is -3.74. The van der Waals surface area contributed by atoms with E-state index >= 15 is 0 Å². The number of hydrogen-bond acceptors (Lipinski definition) is 4. The van der Waals surface area contributed by atoms with Crippen molar-refractivity contribution in [3.8, 4) is 5.75 Å². The third kappa shape index (κ3) is 3.48. The Morgan fingerprint density at radius 3 is 2.62 bits per heavy atom. The van der Waals surface area contributed by atoms with E-state index < -0.39 is 10.0 Å². The fraction of sp³-hybridized carbons (Fsp3) is 0.308. The average molecular weight is 330 g/mol. The molecule has 0 bridgehead atoms. The molecule has 0 saturated carbocycles. The van der Waals surface area contributed by atoms with Gasteiger partial charge in [0.1, 0.15) is 5.75 Å². The third-order valence-corrected chi connectivity index (χ3v) is 4.41. The van der Waals surface area contributed by atoms with Gasteiger partial charge >= 0.3 is 0 Å². The van der Waals surface area contributed by atoms with Crippen LogP contribution in [-0.4, -0.2) is 25.1 Å². The second-order valence-corrected chi connectivity index (χ2v) is 6.74. The number of rotatable bonds is 5. The van der Waals surface area contributed by atoms with Crippen LogP contribution in [0.4, 0.5) is 5.69 Å². The van der Waals surface area contributed by atoms with Crippen LogP contribution in [0.3, 0.4) is 0 Å². The summed E-state index contributed by atoms with van der Waals surface area (Å²) in [6, 6.07) is 4.78. The molecule has 0 aliphatic rings. The molecular weight excluding hydrogens is 314 g/mol. The first-order valence-electron chi connectivity index (χ1n) is 6.23. The summed E-state index contributed by atoms with van der Waals surface area (Å²) in [6.07, 6.45) is 2.97. The van der Waals surface area contributed by atoms with E-state index in [0.29, 0.717) is 16.5 Å². The molecule has 2 rings (SSSR count). The fourth-order valence-corrected chi connectivity index (χ4v) is 2.92. The van der Waals surface area contributed by atoms with Gasteiger partial charge in [0.2, 0.25) is 0 Å². The van der Waals surface area contributed by atoms with E-state index in [-0.39, 0.29) is 11.1 Å². The molecule has 0 atom stereocenters. The van der Waals surface area contributed by atoms with E-state index in [2.05, 4.69) is 9.71 Å². The number of aromatic nitrogens is 2. The quantitative estimate of drug-likeness (QED) is 0.915.